The zero-order chi connectivity index (χ0) is 21.8. The molecule has 0 aliphatic carbocycles. The Bertz CT molecular complexity index is 1210. The topological polar surface area (TPSA) is 69.3 Å². The Balaban J connectivity index is 1.37. The maximum atomic E-state index is 13.4. The maximum Gasteiger partial charge on any atom is 0.292 e. The first kappa shape index (κ1) is 21.4. The molecular weight excluding hydrogens is 536 g/mol. The van der Waals surface area contributed by atoms with Crippen molar-refractivity contribution in [2.45, 2.75) is 13.2 Å². The number of hydrogen-bond donors (Lipinski definition) is 1. The molecule has 0 atom stereocenters. The summed E-state index contributed by atoms with van der Waals surface area (Å²) in [6.07, 6.45) is 1.56. The lowest BCUT2D eigenvalue weighted by Gasteiger charge is -2.04. The summed E-state index contributed by atoms with van der Waals surface area (Å²) in [4.78, 5) is 12.5. The number of carbonyl (C=O) groups excluding carboxylic acids is 1. The third kappa shape index (κ3) is 5.65. The molecule has 0 saturated carbocycles. The second-order valence-electron chi connectivity index (χ2n) is 6.62. The number of benzene rings is 2. The summed E-state index contributed by atoms with van der Waals surface area (Å²) in [7, 11) is 0. The molecule has 2 aromatic carbocycles. The summed E-state index contributed by atoms with van der Waals surface area (Å²) >= 11 is 8.40. The highest BCUT2D eigenvalue weighted by atomic mass is 127. The molecular formula is C22H16ClFIN3O3. The molecule has 1 N–H and O–H groups in total. The number of halogens is 3. The van der Waals surface area contributed by atoms with E-state index in [4.69, 9.17) is 20.8 Å². The Kier molecular flexibility index (Phi) is 6.57. The molecule has 0 fully saturated rings. The van der Waals surface area contributed by atoms with Crippen molar-refractivity contribution in [3.8, 4) is 5.75 Å². The van der Waals surface area contributed by atoms with Crippen LogP contribution in [0.2, 0.25) is 5.02 Å². The van der Waals surface area contributed by atoms with E-state index in [1.807, 2.05) is 24.3 Å². The highest BCUT2D eigenvalue weighted by Crippen LogP contribution is 2.22. The number of ether oxygens (including phenoxy) is 1. The molecule has 31 heavy (non-hydrogen) atoms. The van der Waals surface area contributed by atoms with Gasteiger partial charge >= 0.3 is 0 Å². The second kappa shape index (κ2) is 9.52. The van der Waals surface area contributed by atoms with Crippen LogP contribution < -0.4 is 10.1 Å². The fraction of sp³-hybridized carbons (Fsp3) is 0.0909. The molecule has 0 radical (unpaired) electrons. The van der Waals surface area contributed by atoms with E-state index in [0.717, 1.165) is 9.13 Å². The lowest BCUT2D eigenvalue weighted by atomic mass is 10.2. The van der Waals surface area contributed by atoms with Crippen molar-refractivity contribution < 1.29 is 18.3 Å². The van der Waals surface area contributed by atoms with Crippen molar-refractivity contribution in [3.63, 3.8) is 0 Å². The first-order chi connectivity index (χ1) is 15.0. The lowest BCUT2D eigenvalue weighted by Crippen LogP contribution is -2.12. The van der Waals surface area contributed by atoms with E-state index in [1.165, 1.54) is 16.8 Å². The summed E-state index contributed by atoms with van der Waals surface area (Å²) in [5.74, 6) is 0.695. The van der Waals surface area contributed by atoms with E-state index in [0.29, 0.717) is 18.1 Å². The van der Waals surface area contributed by atoms with E-state index in [1.54, 1.807) is 30.5 Å². The van der Waals surface area contributed by atoms with Gasteiger partial charge in [0.25, 0.3) is 5.91 Å². The van der Waals surface area contributed by atoms with E-state index >= 15 is 0 Å². The standard InChI is InChI=1S/C22H16ClFIN3O3/c23-19-12-28(11-14-2-1-3-15(24)10-14)27-21(19)26-22(29)20-9-8-18(31-20)13-30-17-6-4-16(25)5-7-17/h1-10,12H,11,13H2,(H,26,27,29). The first-order valence-electron chi connectivity index (χ1n) is 9.22. The van der Waals surface area contributed by atoms with Crippen LogP contribution in [-0.2, 0) is 13.2 Å². The minimum absolute atomic E-state index is 0.108. The van der Waals surface area contributed by atoms with Gasteiger partial charge in [0.2, 0.25) is 0 Å². The molecule has 2 aromatic heterocycles. The number of nitrogens with one attached hydrogen (secondary N) is 1. The lowest BCUT2D eigenvalue weighted by molar-refractivity contribution is 0.0992. The van der Waals surface area contributed by atoms with Crippen LogP contribution >= 0.6 is 34.2 Å². The van der Waals surface area contributed by atoms with Gasteiger partial charge in [-0.15, -0.1) is 0 Å². The first-order valence-corrected chi connectivity index (χ1v) is 10.7. The van der Waals surface area contributed by atoms with Crippen LogP contribution in [0, 0.1) is 9.39 Å². The summed E-state index contributed by atoms with van der Waals surface area (Å²) < 4.78 is 27.2. The summed E-state index contributed by atoms with van der Waals surface area (Å²) in [6, 6.07) is 17.0. The van der Waals surface area contributed by atoms with Crippen molar-refractivity contribution in [1.82, 2.24) is 9.78 Å². The summed E-state index contributed by atoms with van der Waals surface area (Å²) in [5, 5.41) is 7.14. The van der Waals surface area contributed by atoms with Gasteiger partial charge in [-0.2, -0.15) is 5.10 Å². The minimum atomic E-state index is -0.488. The van der Waals surface area contributed by atoms with Crippen LogP contribution in [0.1, 0.15) is 21.9 Å². The molecule has 0 bridgehead atoms. The third-order valence-corrected chi connectivity index (χ3v) is 5.26. The molecule has 0 saturated heterocycles. The molecule has 4 rings (SSSR count). The number of aromatic nitrogens is 2. The molecule has 0 unspecified atom stereocenters. The van der Waals surface area contributed by atoms with Crippen LogP contribution in [0.25, 0.3) is 0 Å². The molecule has 0 aliphatic rings. The normalized spacial score (nSPS) is 10.8. The number of carbonyl (C=O) groups is 1. The van der Waals surface area contributed by atoms with Crippen molar-refractivity contribution in [2.75, 3.05) is 5.32 Å². The molecule has 158 valence electrons. The molecule has 9 heteroatoms. The van der Waals surface area contributed by atoms with Gasteiger partial charge in [0.1, 0.15) is 29.0 Å². The third-order valence-electron chi connectivity index (χ3n) is 4.26. The maximum absolute atomic E-state index is 13.4. The highest BCUT2D eigenvalue weighted by molar-refractivity contribution is 14.1. The van der Waals surface area contributed by atoms with Gasteiger partial charge in [-0.3, -0.25) is 9.48 Å². The number of rotatable bonds is 7. The van der Waals surface area contributed by atoms with Crippen LogP contribution in [0.4, 0.5) is 10.2 Å². The van der Waals surface area contributed by atoms with Crippen LogP contribution in [0.5, 0.6) is 5.75 Å². The van der Waals surface area contributed by atoms with Gasteiger partial charge < -0.3 is 14.5 Å². The predicted molar refractivity (Wildman–Crippen MR) is 123 cm³/mol. The van der Waals surface area contributed by atoms with Gasteiger partial charge in [0.15, 0.2) is 11.6 Å². The summed E-state index contributed by atoms with van der Waals surface area (Å²) in [5.41, 5.74) is 0.723. The molecule has 2 heterocycles. The molecule has 0 aliphatic heterocycles. The Morgan fingerprint density at radius 2 is 2.00 bits per heavy atom. The Morgan fingerprint density at radius 3 is 2.77 bits per heavy atom. The molecule has 1 amide bonds. The average Bonchev–Trinajstić information content (AvgIpc) is 3.34. The van der Waals surface area contributed by atoms with Crippen molar-refractivity contribution in [1.29, 1.82) is 0 Å². The predicted octanol–water partition coefficient (Wildman–Crippen LogP) is 5.75. The van der Waals surface area contributed by atoms with Crippen LogP contribution in [0.3, 0.4) is 0 Å². The largest absolute Gasteiger partial charge is 0.486 e. The Labute approximate surface area is 196 Å². The van der Waals surface area contributed by atoms with E-state index in [-0.39, 0.29) is 29.0 Å². The minimum Gasteiger partial charge on any atom is -0.486 e. The number of hydrogen-bond acceptors (Lipinski definition) is 4. The van der Waals surface area contributed by atoms with Gasteiger partial charge in [-0.1, -0.05) is 23.7 Å². The Hall–Kier alpha value is -2.85. The van der Waals surface area contributed by atoms with Gasteiger partial charge in [0, 0.05) is 9.77 Å². The fourth-order valence-corrected chi connectivity index (χ4v) is 3.37. The number of nitrogens with zero attached hydrogens (tertiary/aromatic N) is 2. The molecule has 4 aromatic rings. The van der Waals surface area contributed by atoms with Crippen LogP contribution in [0.15, 0.2) is 71.3 Å². The number of anilines is 1. The zero-order valence-corrected chi connectivity index (χ0v) is 18.9. The monoisotopic (exact) mass is 551 g/mol. The van der Waals surface area contributed by atoms with Gasteiger partial charge in [0.05, 0.1) is 6.54 Å². The van der Waals surface area contributed by atoms with E-state index in [9.17, 15) is 9.18 Å². The average molecular weight is 552 g/mol. The quantitative estimate of drug-likeness (QED) is 0.297. The van der Waals surface area contributed by atoms with Gasteiger partial charge in [-0.05, 0) is 76.7 Å². The van der Waals surface area contributed by atoms with Crippen molar-refractivity contribution >= 4 is 45.9 Å². The van der Waals surface area contributed by atoms with Crippen molar-refractivity contribution in [2.24, 2.45) is 0 Å². The SMILES string of the molecule is O=C(Nc1nn(Cc2cccc(F)c2)cc1Cl)c1ccc(COc2ccc(I)cc2)o1. The van der Waals surface area contributed by atoms with E-state index in [2.05, 4.69) is 33.0 Å². The summed E-state index contributed by atoms with van der Waals surface area (Å²) in [6.45, 7) is 0.505. The zero-order valence-electron chi connectivity index (χ0n) is 16.0. The highest BCUT2D eigenvalue weighted by Gasteiger charge is 2.16. The number of furan rings is 1. The smallest absolute Gasteiger partial charge is 0.292 e. The second-order valence-corrected chi connectivity index (χ2v) is 8.27. The van der Waals surface area contributed by atoms with Crippen LogP contribution in [-0.4, -0.2) is 15.7 Å². The van der Waals surface area contributed by atoms with Crippen molar-refractivity contribution in [3.05, 3.63) is 98.4 Å². The van der Waals surface area contributed by atoms with E-state index < -0.39 is 5.91 Å². The molecule has 0 spiro atoms. The number of amides is 1. The van der Waals surface area contributed by atoms with Gasteiger partial charge in [-0.25, -0.2) is 4.39 Å². The Morgan fingerprint density at radius 1 is 1.19 bits per heavy atom. The molecule has 6 nitrogen and oxygen atoms in total. The fourth-order valence-electron chi connectivity index (χ4n) is 2.82.